The van der Waals surface area contributed by atoms with Crippen molar-refractivity contribution in [1.82, 2.24) is 4.57 Å². The van der Waals surface area contributed by atoms with Gasteiger partial charge in [-0.15, -0.1) is 0 Å². The summed E-state index contributed by atoms with van der Waals surface area (Å²) in [6.07, 6.45) is 3.92. The van der Waals surface area contributed by atoms with E-state index < -0.39 is 29.4 Å². The molecule has 1 saturated heterocycles. The Morgan fingerprint density at radius 3 is 2.72 bits per heavy atom. The van der Waals surface area contributed by atoms with Crippen molar-refractivity contribution in [2.24, 2.45) is 7.05 Å². The van der Waals surface area contributed by atoms with Crippen molar-refractivity contribution in [3.05, 3.63) is 53.6 Å². The predicted octanol–water partition coefficient (Wildman–Crippen LogP) is 2.19. The second kappa shape index (κ2) is 6.92. The summed E-state index contributed by atoms with van der Waals surface area (Å²) in [5, 5.41) is 2.39. The molecule has 1 unspecified atom stereocenters. The van der Waals surface area contributed by atoms with E-state index in [9.17, 15) is 18.0 Å². The van der Waals surface area contributed by atoms with Crippen molar-refractivity contribution in [1.29, 1.82) is 0 Å². The zero-order chi connectivity index (χ0) is 18.1. The molecule has 1 aromatic carbocycles. The van der Waals surface area contributed by atoms with Gasteiger partial charge in [-0.1, -0.05) is 0 Å². The maximum Gasteiger partial charge on any atom is 0.282 e. The van der Waals surface area contributed by atoms with E-state index in [-0.39, 0.29) is 11.7 Å². The summed E-state index contributed by atoms with van der Waals surface area (Å²) in [6.45, 7) is 2.59. The highest BCUT2D eigenvalue weighted by molar-refractivity contribution is 5.93. The average molecular weight is 352 g/mol. The van der Waals surface area contributed by atoms with Gasteiger partial charge in [0.1, 0.15) is 6.04 Å². The molecule has 2 N–H and O–H groups in total. The van der Waals surface area contributed by atoms with Crippen LogP contribution in [0.2, 0.25) is 0 Å². The van der Waals surface area contributed by atoms with Gasteiger partial charge >= 0.3 is 0 Å². The topological polar surface area (TPSA) is 38.5 Å². The van der Waals surface area contributed by atoms with Crippen molar-refractivity contribution in [3.63, 3.8) is 0 Å². The molecule has 3 atom stereocenters. The van der Waals surface area contributed by atoms with Gasteiger partial charge in [-0.05, 0) is 31.2 Å². The lowest BCUT2D eigenvalue weighted by Gasteiger charge is -2.27. The van der Waals surface area contributed by atoms with Crippen LogP contribution in [0.5, 0.6) is 0 Å². The Balaban J connectivity index is 1.76. The van der Waals surface area contributed by atoms with Crippen molar-refractivity contribution in [3.8, 4) is 0 Å². The van der Waals surface area contributed by atoms with Crippen LogP contribution < -0.4 is 10.2 Å². The van der Waals surface area contributed by atoms with E-state index >= 15 is 0 Å². The van der Waals surface area contributed by atoms with E-state index in [0.717, 1.165) is 42.1 Å². The number of nitrogens with one attached hydrogen (secondary N) is 2. The number of anilines is 1. The molecule has 0 saturated carbocycles. The van der Waals surface area contributed by atoms with E-state index in [2.05, 4.69) is 5.32 Å². The lowest BCUT2D eigenvalue weighted by Crippen LogP contribution is -3.15. The lowest BCUT2D eigenvalue weighted by molar-refractivity contribution is -0.932. The Morgan fingerprint density at radius 1 is 1.28 bits per heavy atom. The average Bonchev–Trinajstić information content (AvgIpc) is 3.22. The third kappa shape index (κ3) is 3.28. The molecular formula is C18H21F3N3O+. The largest absolute Gasteiger partial charge is 0.350 e. The summed E-state index contributed by atoms with van der Waals surface area (Å²) < 4.78 is 42.2. The van der Waals surface area contributed by atoms with Gasteiger partial charge in [0, 0.05) is 26.1 Å². The van der Waals surface area contributed by atoms with Gasteiger partial charge in [-0.3, -0.25) is 4.79 Å². The number of aryl methyl sites for hydroxylation is 1. The quantitative estimate of drug-likeness (QED) is 0.814. The molecule has 4 nitrogen and oxygen atoms in total. The molecule has 1 fully saturated rings. The molecular weight excluding hydrogens is 331 g/mol. The zero-order valence-electron chi connectivity index (χ0n) is 14.2. The SMILES string of the molecule is C[C@H](C(=O)Nc1ccc(F)c(F)c1F)[NH+]1CCC[C@@H]1c1cccn1C. The number of quaternary nitrogens is 1. The molecule has 2 heterocycles. The fraction of sp³-hybridized carbons (Fsp3) is 0.389. The van der Waals surface area contributed by atoms with Gasteiger partial charge in [0.15, 0.2) is 23.5 Å². The summed E-state index contributed by atoms with van der Waals surface area (Å²) >= 11 is 0. The Morgan fingerprint density at radius 2 is 2.04 bits per heavy atom. The highest BCUT2D eigenvalue weighted by Crippen LogP contribution is 2.21. The van der Waals surface area contributed by atoms with Crippen LogP contribution in [0.3, 0.4) is 0 Å². The highest BCUT2D eigenvalue weighted by atomic mass is 19.2. The van der Waals surface area contributed by atoms with Crippen molar-refractivity contribution in [2.75, 3.05) is 11.9 Å². The van der Waals surface area contributed by atoms with Crippen LogP contribution in [0, 0.1) is 17.5 Å². The van der Waals surface area contributed by atoms with Crippen LogP contribution in [0.1, 0.15) is 31.5 Å². The maximum absolute atomic E-state index is 13.8. The van der Waals surface area contributed by atoms with Gasteiger partial charge < -0.3 is 14.8 Å². The third-order valence-electron chi connectivity index (χ3n) is 4.99. The highest BCUT2D eigenvalue weighted by Gasteiger charge is 2.38. The number of benzene rings is 1. The number of hydrogen-bond donors (Lipinski definition) is 2. The molecule has 1 aliphatic heterocycles. The second-order valence-corrected chi connectivity index (χ2v) is 6.50. The van der Waals surface area contributed by atoms with E-state index in [4.69, 9.17) is 0 Å². The van der Waals surface area contributed by atoms with Gasteiger partial charge in [0.25, 0.3) is 5.91 Å². The maximum atomic E-state index is 13.8. The molecule has 1 amide bonds. The fourth-order valence-electron chi connectivity index (χ4n) is 3.59. The van der Waals surface area contributed by atoms with Crippen LogP contribution in [0.25, 0.3) is 0 Å². The molecule has 0 bridgehead atoms. The first kappa shape index (κ1) is 17.5. The monoisotopic (exact) mass is 352 g/mol. The number of likely N-dealkylation sites (tertiary alicyclic amines) is 1. The normalized spacial score (nSPS) is 21.3. The molecule has 2 aromatic rings. The van der Waals surface area contributed by atoms with Crippen LogP contribution in [0.4, 0.5) is 18.9 Å². The fourth-order valence-corrected chi connectivity index (χ4v) is 3.59. The number of amides is 1. The minimum absolute atomic E-state index is 0.176. The van der Waals surface area contributed by atoms with Crippen LogP contribution in [-0.4, -0.2) is 23.1 Å². The van der Waals surface area contributed by atoms with Crippen molar-refractivity contribution >= 4 is 11.6 Å². The summed E-state index contributed by atoms with van der Waals surface area (Å²) in [6, 6.07) is 5.56. The first-order chi connectivity index (χ1) is 11.9. The minimum atomic E-state index is -1.58. The molecule has 0 aliphatic carbocycles. The van der Waals surface area contributed by atoms with Gasteiger partial charge in [-0.25, -0.2) is 13.2 Å². The lowest BCUT2D eigenvalue weighted by atomic mass is 10.1. The molecule has 0 radical (unpaired) electrons. The summed E-state index contributed by atoms with van der Waals surface area (Å²) in [7, 11) is 1.96. The van der Waals surface area contributed by atoms with Crippen molar-refractivity contribution < 1.29 is 22.9 Å². The smallest absolute Gasteiger partial charge is 0.282 e. The van der Waals surface area contributed by atoms with Crippen LogP contribution in [0.15, 0.2) is 30.5 Å². The molecule has 1 aliphatic rings. The molecule has 3 rings (SSSR count). The number of rotatable bonds is 4. The number of carbonyl (C=O) groups excluding carboxylic acids is 1. The van der Waals surface area contributed by atoms with Crippen LogP contribution >= 0.6 is 0 Å². The molecule has 134 valence electrons. The molecule has 7 heteroatoms. The Hall–Kier alpha value is -2.28. The van der Waals surface area contributed by atoms with E-state index in [1.54, 1.807) is 6.92 Å². The standard InChI is InChI=1S/C18H20F3N3O/c1-11(18(25)22-13-8-7-12(19)16(20)17(13)21)24-10-4-6-15(24)14-5-3-9-23(14)2/h3,5,7-9,11,15H,4,6,10H2,1-2H3,(H,22,25)/p+1/t11-,15-/m1/s1. The first-order valence-electron chi connectivity index (χ1n) is 8.31. The zero-order valence-corrected chi connectivity index (χ0v) is 14.2. The number of halogens is 3. The Kier molecular flexibility index (Phi) is 4.85. The molecule has 25 heavy (non-hydrogen) atoms. The molecule has 0 spiro atoms. The number of aromatic nitrogens is 1. The Labute approximate surface area is 144 Å². The van der Waals surface area contributed by atoms with E-state index in [1.165, 1.54) is 0 Å². The first-order valence-corrected chi connectivity index (χ1v) is 8.31. The van der Waals surface area contributed by atoms with Crippen molar-refractivity contribution in [2.45, 2.75) is 31.8 Å². The van der Waals surface area contributed by atoms with E-state index in [0.29, 0.717) is 0 Å². The summed E-state index contributed by atoms with van der Waals surface area (Å²) in [5.41, 5.74) is 0.802. The van der Waals surface area contributed by atoms with Gasteiger partial charge in [-0.2, -0.15) is 0 Å². The van der Waals surface area contributed by atoms with E-state index in [1.807, 2.05) is 29.9 Å². The summed E-state index contributed by atoms with van der Waals surface area (Å²) in [5.74, 6) is -4.66. The van der Waals surface area contributed by atoms with Gasteiger partial charge in [0.2, 0.25) is 0 Å². The second-order valence-electron chi connectivity index (χ2n) is 6.50. The molecule has 1 aromatic heterocycles. The third-order valence-corrected chi connectivity index (χ3v) is 4.99. The summed E-state index contributed by atoms with van der Waals surface area (Å²) in [4.78, 5) is 13.6. The number of nitrogens with zero attached hydrogens (tertiary/aromatic N) is 1. The minimum Gasteiger partial charge on any atom is -0.350 e. The predicted molar refractivity (Wildman–Crippen MR) is 87.6 cm³/mol. The Bertz CT molecular complexity index is 790. The number of hydrogen-bond acceptors (Lipinski definition) is 1. The van der Waals surface area contributed by atoms with Crippen LogP contribution in [-0.2, 0) is 11.8 Å². The number of carbonyl (C=O) groups is 1. The van der Waals surface area contributed by atoms with Gasteiger partial charge in [0.05, 0.1) is 17.9 Å².